The van der Waals surface area contributed by atoms with Crippen LogP contribution < -0.4 is 0 Å². The van der Waals surface area contributed by atoms with Crippen LogP contribution in [0.25, 0.3) is 0 Å². The van der Waals surface area contributed by atoms with E-state index < -0.39 is 0 Å². The minimum absolute atomic E-state index is 0.289. The first-order chi connectivity index (χ1) is 5.27. The van der Waals surface area contributed by atoms with Gasteiger partial charge in [-0.15, -0.1) is 9.81 Å². The molecule has 4 heteroatoms. The van der Waals surface area contributed by atoms with Gasteiger partial charge in [0.05, 0.1) is 5.70 Å². The highest BCUT2D eigenvalue weighted by Gasteiger charge is 2.10. The lowest BCUT2D eigenvalue weighted by atomic mass is 10.0. The fourth-order valence-corrected chi connectivity index (χ4v) is 0.819. The van der Waals surface area contributed by atoms with Crippen LogP contribution in [0.4, 0.5) is 0 Å². The molecule has 1 rings (SSSR count). The molecule has 11 heavy (non-hydrogen) atoms. The molecular formula is C7H6N2O2. The van der Waals surface area contributed by atoms with Gasteiger partial charge in [0.1, 0.15) is 5.70 Å². The van der Waals surface area contributed by atoms with Crippen molar-refractivity contribution in [1.82, 2.24) is 0 Å². The molecule has 0 atom stereocenters. The Bertz CT molecular complexity index is 276. The van der Waals surface area contributed by atoms with Crippen LogP contribution in [-0.4, -0.2) is 0 Å². The molecule has 0 N–H and O–H groups in total. The summed E-state index contributed by atoms with van der Waals surface area (Å²) in [6.45, 7) is 3.56. The molecule has 1 aliphatic carbocycles. The van der Waals surface area contributed by atoms with E-state index in [0.717, 1.165) is 0 Å². The second kappa shape index (κ2) is 3.01. The van der Waals surface area contributed by atoms with Gasteiger partial charge in [-0.25, -0.2) is 0 Å². The Balaban J connectivity index is 2.93. The van der Waals surface area contributed by atoms with Crippen LogP contribution in [-0.2, 0) is 0 Å². The van der Waals surface area contributed by atoms with Gasteiger partial charge >= 0.3 is 0 Å². The van der Waals surface area contributed by atoms with Gasteiger partial charge in [0.25, 0.3) is 0 Å². The van der Waals surface area contributed by atoms with Gasteiger partial charge in [-0.1, -0.05) is 6.58 Å². The Kier molecular flexibility index (Phi) is 2.06. The summed E-state index contributed by atoms with van der Waals surface area (Å²) in [5.41, 5.74) is 1.21. The highest BCUT2D eigenvalue weighted by Crippen LogP contribution is 2.23. The predicted octanol–water partition coefficient (Wildman–Crippen LogP) is 2.25. The van der Waals surface area contributed by atoms with E-state index in [-0.39, 0.29) is 5.70 Å². The molecule has 0 radical (unpaired) electrons. The molecule has 0 heterocycles. The number of nitrogens with zero attached hydrogens (tertiary/aromatic N) is 2. The van der Waals surface area contributed by atoms with Crippen LogP contribution in [0.15, 0.2) is 46.1 Å². The molecule has 0 aromatic heterocycles. The third kappa shape index (κ3) is 1.46. The number of rotatable bonds is 2. The molecule has 56 valence electrons. The summed E-state index contributed by atoms with van der Waals surface area (Å²) in [5, 5.41) is 5.45. The van der Waals surface area contributed by atoms with E-state index in [2.05, 4.69) is 16.9 Å². The zero-order valence-electron chi connectivity index (χ0n) is 5.78. The zero-order valence-corrected chi connectivity index (χ0v) is 5.78. The highest BCUT2D eigenvalue weighted by atomic mass is 16.3. The summed E-state index contributed by atoms with van der Waals surface area (Å²) >= 11 is 0. The quantitative estimate of drug-likeness (QED) is 0.566. The molecule has 0 aliphatic heterocycles. The Labute approximate surface area is 63.2 Å². The molecule has 1 aliphatic rings. The molecule has 0 saturated heterocycles. The van der Waals surface area contributed by atoms with Crippen molar-refractivity contribution in [3.05, 3.63) is 45.5 Å². The fourth-order valence-electron chi connectivity index (χ4n) is 0.819. The van der Waals surface area contributed by atoms with E-state index in [9.17, 15) is 9.81 Å². The van der Waals surface area contributed by atoms with E-state index >= 15 is 0 Å². The van der Waals surface area contributed by atoms with E-state index in [0.29, 0.717) is 17.7 Å². The van der Waals surface area contributed by atoms with Gasteiger partial charge in [-0.2, -0.15) is 0 Å². The second-order valence-electron chi connectivity index (χ2n) is 2.17. The number of hydrogen-bond donors (Lipinski definition) is 0. The molecule has 0 aromatic carbocycles. The maximum absolute atomic E-state index is 10.0. The Morgan fingerprint density at radius 2 is 2.00 bits per heavy atom. The van der Waals surface area contributed by atoms with Crippen LogP contribution in [0.1, 0.15) is 6.42 Å². The zero-order chi connectivity index (χ0) is 8.27. The van der Waals surface area contributed by atoms with Gasteiger partial charge in [-0.3, -0.25) is 0 Å². The van der Waals surface area contributed by atoms with Crippen molar-refractivity contribution >= 4 is 0 Å². The fraction of sp³-hybridized carbons (Fsp3) is 0.143. The van der Waals surface area contributed by atoms with Crippen molar-refractivity contribution in [1.29, 1.82) is 0 Å². The smallest absolute Gasteiger partial charge is 0.111 e. The normalized spacial score (nSPS) is 16.9. The first-order valence-corrected chi connectivity index (χ1v) is 3.03. The summed E-state index contributed by atoms with van der Waals surface area (Å²) < 4.78 is 0. The van der Waals surface area contributed by atoms with E-state index in [1.807, 2.05) is 0 Å². The summed E-state index contributed by atoms with van der Waals surface area (Å²) in [5.74, 6) is 0. The molecular weight excluding hydrogens is 144 g/mol. The van der Waals surface area contributed by atoms with Gasteiger partial charge in [0.15, 0.2) is 0 Å². The second-order valence-corrected chi connectivity index (χ2v) is 2.17. The third-order valence-electron chi connectivity index (χ3n) is 1.41. The average molecular weight is 150 g/mol. The third-order valence-corrected chi connectivity index (χ3v) is 1.41. The van der Waals surface area contributed by atoms with Crippen molar-refractivity contribution in [2.75, 3.05) is 0 Å². The maximum atomic E-state index is 10.0. The first-order valence-electron chi connectivity index (χ1n) is 3.03. The van der Waals surface area contributed by atoms with Crippen molar-refractivity contribution in [3.63, 3.8) is 0 Å². The highest BCUT2D eigenvalue weighted by molar-refractivity contribution is 5.39. The van der Waals surface area contributed by atoms with Crippen LogP contribution >= 0.6 is 0 Å². The Morgan fingerprint density at radius 3 is 2.45 bits per heavy atom. The standard InChI is InChI=1S/C7H6N2O2/c1-5-4-6(8-10)2-3-7(5)9-11/h2-3H,1,4H2. The molecule has 0 spiro atoms. The number of hydrogen-bond acceptors (Lipinski definition) is 4. The first kappa shape index (κ1) is 7.53. The SMILES string of the molecule is C=C1CC(N=O)=CC=C1N=O. The molecule has 0 saturated carbocycles. The van der Waals surface area contributed by atoms with Crippen molar-refractivity contribution in [2.24, 2.45) is 10.4 Å². The minimum atomic E-state index is 0.289. The maximum Gasteiger partial charge on any atom is 0.111 e. The lowest BCUT2D eigenvalue weighted by molar-refractivity contribution is 1.05. The molecule has 0 bridgehead atoms. The van der Waals surface area contributed by atoms with Crippen molar-refractivity contribution < 1.29 is 0 Å². The van der Waals surface area contributed by atoms with Gasteiger partial charge in [0, 0.05) is 6.42 Å². The monoisotopic (exact) mass is 150 g/mol. The van der Waals surface area contributed by atoms with E-state index in [4.69, 9.17) is 0 Å². The summed E-state index contributed by atoms with van der Waals surface area (Å²) in [4.78, 5) is 20.1. The Hall–Kier alpha value is -1.58. The van der Waals surface area contributed by atoms with Crippen molar-refractivity contribution in [3.8, 4) is 0 Å². The van der Waals surface area contributed by atoms with Crippen LogP contribution in [0.5, 0.6) is 0 Å². The van der Waals surface area contributed by atoms with Crippen LogP contribution in [0, 0.1) is 9.81 Å². The van der Waals surface area contributed by atoms with Crippen molar-refractivity contribution in [2.45, 2.75) is 6.42 Å². The molecule has 0 amide bonds. The van der Waals surface area contributed by atoms with Crippen LogP contribution in [0.3, 0.4) is 0 Å². The van der Waals surface area contributed by atoms with Gasteiger partial charge < -0.3 is 0 Å². The summed E-state index contributed by atoms with van der Waals surface area (Å²) in [6.07, 6.45) is 3.23. The van der Waals surface area contributed by atoms with Gasteiger partial charge in [0.2, 0.25) is 0 Å². The van der Waals surface area contributed by atoms with Gasteiger partial charge in [-0.05, 0) is 28.1 Å². The number of allylic oxidation sites excluding steroid dienone is 4. The molecule has 0 aromatic rings. The summed E-state index contributed by atoms with van der Waals surface area (Å²) in [6, 6.07) is 0. The molecule has 0 unspecified atom stereocenters. The van der Waals surface area contributed by atoms with E-state index in [1.54, 1.807) is 0 Å². The summed E-state index contributed by atoms with van der Waals surface area (Å²) in [7, 11) is 0. The van der Waals surface area contributed by atoms with E-state index in [1.165, 1.54) is 12.2 Å². The predicted molar refractivity (Wildman–Crippen MR) is 41.5 cm³/mol. The Morgan fingerprint density at radius 1 is 1.27 bits per heavy atom. The largest absolute Gasteiger partial charge is 0.145 e. The molecule has 4 nitrogen and oxygen atoms in total. The topological polar surface area (TPSA) is 58.9 Å². The molecule has 0 fully saturated rings. The lowest BCUT2D eigenvalue weighted by Gasteiger charge is -2.05. The minimum Gasteiger partial charge on any atom is -0.145 e. The lowest BCUT2D eigenvalue weighted by Crippen LogP contribution is -1.92. The van der Waals surface area contributed by atoms with Crippen LogP contribution in [0.2, 0.25) is 0 Å². The number of nitroso groups, excluding NO2 is 2. The average Bonchev–Trinajstić information content (AvgIpc) is 2.04.